The van der Waals surface area contributed by atoms with Gasteiger partial charge in [0.15, 0.2) is 0 Å². The molecule has 1 aromatic heterocycles. The molecule has 5 rings (SSSR count). The third-order valence-corrected chi connectivity index (χ3v) is 8.09. The number of anilines is 2. The minimum atomic E-state index is -0.343. The van der Waals surface area contributed by atoms with Gasteiger partial charge >= 0.3 is 0 Å². The summed E-state index contributed by atoms with van der Waals surface area (Å²) >= 11 is 0. The SMILES string of the molecule is COc1cc(C(=O)N2CCCCc3ccccc32)ccc1C(=O)Nc1c(C)c(C)cc2c1nc(C(C)(C)C)n2CO[Si]. The number of hydrogen-bond acceptors (Lipinski definition) is 5. The number of nitrogens with zero attached hydrogens (tertiary/aromatic N) is 3. The van der Waals surface area contributed by atoms with E-state index in [2.05, 4.69) is 48.7 Å². The standard InChI is InChI=1S/C33H37N4O4Si/c1-20-17-26-29(35-32(33(3,4)5)37(26)19-41-42)28(21(20)2)34-30(38)24-15-14-23(18-27(24)40-6)31(39)36-16-10-9-12-22-11-7-8-13-25(22)36/h7-8,11,13-15,17-18H,9-10,12,16,19H2,1-6H3,(H,34,38). The zero-order valence-electron chi connectivity index (χ0n) is 25.1. The molecule has 0 spiro atoms. The van der Waals surface area contributed by atoms with Gasteiger partial charge in [0.2, 0.25) is 10.5 Å². The number of benzene rings is 3. The molecule has 8 nitrogen and oxygen atoms in total. The Bertz CT molecular complexity index is 1670. The van der Waals surface area contributed by atoms with E-state index >= 15 is 0 Å². The monoisotopic (exact) mass is 581 g/mol. The largest absolute Gasteiger partial charge is 0.496 e. The number of nitrogens with one attached hydrogen (secondary N) is 1. The van der Waals surface area contributed by atoms with Crippen molar-refractivity contribution in [2.45, 2.75) is 66.0 Å². The summed E-state index contributed by atoms with van der Waals surface area (Å²) in [7, 11) is 4.65. The third kappa shape index (κ3) is 5.46. The number of aryl methyl sites for hydroxylation is 2. The smallest absolute Gasteiger partial charge is 0.259 e. The van der Waals surface area contributed by atoms with Gasteiger partial charge < -0.3 is 23.9 Å². The number of methoxy groups -OCH3 is 1. The number of carbonyl (C=O) groups is 2. The van der Waals surface area contributed by atoms with E-state index in [9.17, 15) is 9.59 Å². The Balaban J connectivity index is 1.50. The van der Waals surface area contributed by atoms with E-state index in [1.165, 1.54) is 12.7 Å². The summed E-state index contributed by atoms with van der Waals surface area (Å²) < 4.78 is 13.0. The Labute approximate surface area is 250 Å². The van der Waals surface area contributed by atoms with E-state index in [-0.39, 0.29) is 24.0 Å². The molecule has 0 saturated carbocycles. The van der Waals surface area contributed by atoms with Gasteiger partial charge in [-0.1, -0.05) is 39.0 Å². The molecule has 217 valence electrons. The highest BCUT2D eigenvalue weighted by molar-refractivity contribution is 6.12. The lowest BCUT2D eigenvalue weighted by molar-refractivity contribution is 0.0982. The second-order valence-electron chi connectivity index (χ2n) is 11.9. The van der Waals surface area contributed by atoms with Crippen molar-refractivity contribution in [3.05, 3.63) is 82.2 Å². The van der Waals surface area contributed by atoms with Crippen molar-refractivity contribution < 1.29 is 18.8 Å². The molecule has 0 aliphatic carbocycles. The molecule has 2 heterocycles. The van der Waals surface area contributed by atoms with Crippen molar-refractivity contribution in [2.24, 2.45) is 0 Å². The minimum absolute atomic E-state index is 0.111. The van der Waals surface area contributed by atoms with Crippen molar-refractivity contribution in [2.75, 3.05) is 23.9 Å². The molecular formula is C33H37N4O4Si. The predicted octanol–water partition coefficient (Wildman–Crippen LogP) is 6.25. The van der Waals surface area contributed by atoms with Gasteiger partial charge in [-0.15, -0.1) is 0 Å². The Kier molecular flexibility index (Phi) is 8.25. The van der Waals surface area contributed by atoms with Crippen LogP contribution >= 0.6 is 0 Å². The van der Waals surface area contributed by atoms with Gasteiger partial charge in [-0.2, -0.15) is 0 Å². The van der Waals surface area contributed by atoms with Gasteiger partial charge in [-0.05, 0) is 80.1 Å². The average Bonchev–Trinajstić information content (AvgIpc) is 3.19. The summed E-state index contributed by atoms with van der Waals surface area (Å²) in [5.74, 6) is 0.715. The number of fused-ring (bicyclic) bond motifs is 2. The zero-order valence-corrected chi connectivity index (χ0v) is 26.1. The van der Waals surface area contributed by atoms with Crippen LogP contribution in [-0.2, 0) is 23.0 Å². The second-order valence-corrected chi connectivity index (χ2v) is 12.1. The van der Waals surface area contributed by atoms with Gasteiger partial charge in [-0.25, -0.2) is 4.98 Å². The van der Waals surface area contributed by atoms with Crippen LogP contribution in [0.3, 0.4) is 0 Å². The third-order valence-electron chi connectivity index (χ3n) is 7.96. The Morgan fingerprint density at radius 2 is 1.83 bits per heavy atom. The highest BCUT2D eigenvalue weighted by Crippen LogP contribution is 2.35. The van der Waals surface area contributed by atoms with Crippen LogP contribution in [0.5, 0.6) is 5.75 Å². The molecule has 0 fully saturated rings. The quantitative estimate of drug-likeness (QED) is 0.272. The summed E-state index contributed by atoms with van der Waals surface area (Å²) in [6.07, 6.45) is 2.91. The normalized spacial score (nSPS) is 13.5. The molecule has 0 atom stereocenters. The molecule has 1 aliphatic heterocycles. The van der Waals surface area contributed by atoms with Crippen molar-refractivity contribution >= 4 is 44.7 Å². The maximum atomic E-state index is 13.8. The van der Waals surface area contributed by atoms with Gasteiger partial charge in [0.1, 0.15) is 23.8 Å². The molecule has 0 saturated heterocycles. The number of ether oxygens (including phenoxy) is 1. The highest BCUT2D eigenvalue weighted by atomic mass is 28.2. The molecule has 3 aromatic carbocycles. The molecule has 3 radical (unpaired) electrons. The second kappa shape index (κ2) is 11.7. The zero-order chi connectivity index (χ0) is 30.2. The number of hydrogen-bond donors (Lipinski definition) is 1. The number of para-hydroxylation sites is 1. The number of carbonyl (C=O) groups excluding carboxylic acids is 2. The highest BCUT2D eigenvalue weighted by Gasteiger charge is 2.27. The molecular weight excluding hydrogens is 544 g/mol. The maximum Gasteiger partial charge on any atom is 0.259 e. The van der Waals surface area contributed by atoms with Crippen LogP contribution in [0.25, 0.3) is 11.0 Å². The van der Waals surface area contributed by atoms with Crippen LogP contribution in [0.4, 0.5) is 11.4 Å². The summed E-state index contributed by atoms with van der Waals surface area (Å²) in [5, 5.41) is 3.11. The minimum Gasteiger partial charge on any atom is -0.496 e. The number of amides is 2. The lowest BCUT2D eigenvalue weighted by Gasteiger charge is -2.23. The molecule has 4 aromatic rings. The maximum absolute atomic E-state index is 13.8. The van der Waals surface area contributed by atoms with Gasteiger partial charge in [-0.3, -0.25) is 9.59 Å². The molecule has 1 N–H and O–H groups in total. The lowest BCUT2D eigenvalue weighted by Crippen LogP contribution is -2.31. The number of imidazole rings is 1. The summed E-state index contributed by atoms with van der Waals surface area (Å²) in [4.78, 5) is 34.3. The Morgan fingerprint density at radius 1 is 1.07 bits per heavy atom. The molecule has 2 amide bonds. The van der Waals surface area contributed by atoms with Crippen molar-refractivity contribution in [1.82, 2.24) is 9.55 Å². The van der Waals surface area contributed by atoms with E-state index in [0.717, 1.165) is 47.4 Å². The lowest BCUT2D eigenvalue weighted by atomic mass is 9.96. The van der Waals surface area contributed by atoms with Crippen molar-refractivity contribution in [3.8, 4) is 5.75 Å². The molecule has 0 bridgehead atoms. The van der Waals surface area contributed by atoms with Crippen molar-refractivity contribution in [1.29, 1.82) is 0 Å². The van der Waals surface area contributed by atoms with E-state index in [0.29, 0.717) is 34.6 Å². The first-order valence-electron chi connectivity index (χ1n) is 14.2. The molecule has 0 unspecified atom stereocenters. The fraction of sp³-hybridized carbons (Fsp3) is 0.364. The van der Waals surface area contributed by atoms with Crippen LogP contribution < -0.4 is 15.0 Å². The van der Waals surface area contributed by atoms with Crippen LogP contribution in [0.2, 0.25) is 0 Å². The first kappa shape index (κ1) is 29.5. The van der Waals surface area contributed by atoms with Crippen LogP contribution in [0.15, 0.2) is 48.5 Å². The van der Waals surface area contributed by atoms with Crippen LogP contribution in [0, 0.1) is 13.8 Å². The summed E-state index contributed by atoms with van der Waals surface area (Å²) in [5.41, 5.74) is 6.78. The van der Waals surface area contributed by atoms with Gasteiger partial charge in [0, 0.05) is 23.2 Å². The Hall–Kier alpha value is -3.95. The predicted molar refractivity (Wildman–Crippen MR) is 167 cm³/mol. The van der Waals surface area contributed by atoms with E-state index in [1.54, 1.807) is 18.2 Å². The summed E-state index contributed by atoms with van der Waals surface area (Å²) in [6.45, 7) is 11.2. The number of aromatic nitrogens is 2. The fourth-order valence-electron chi connectivity index (χ4n) is 5.66. The van der Waals surface area contributed by atoms with Crippen LogP contribution in [0.1, 0.15) is 76.8 Å². The van der Waals surface area contributed by atoms with E-state index < -0.39 is 0 Å². The van der Waals surface area contributed by atoms with E-state index in [4.69, 9.17) is 14.1 Å². The molecule has 42 heavy (non-hydrogen) atoms. The Morgan fingerprint density at radius 3 is 2.55 bits per heavy atom. The van der Waals surface area contributed by atoms with E-state index in [1.807, 2.05) is 41.5 Å². The molecule has 9 heteroatoms. The summed E-state index contributed by atoms with van der Waals surface area (Å²) in [6, 6.07) is 15.1. The topological polar surface area (TPSA) is 85.7 Å². The first-order valence-corrected chi connectivity index (χ1v) is 14.6. The van der Waals surface area contributed by atoms with Crippen LogP contribution in [-0.4, -0.2) is 45.5 Å². The number of rotatable bonds is 6. The average molecular weight is 582 g/mol. The fourth-order valence-corrected chi connectivity index (χ4v) is 5.78. The first-order chi connectivity index (χ1) is 20.0. The van der Waals surface area contributed by atoms with Gasteiger partial charge in [0.05, 0.1) is 23.9 Å². The van der Waals surface area contributed by atoms with Crippen molar-refractivity contribution in [3.63, 3.8) is 0 Å². The van der Waals surface area contributed by atoms with Gasteiger partial charge in [0.25, 0.3) is 11.8 Å². The molecule has 1 aliphatic rings.